The molecule has 1 aromatic carbocycles. The molecule has 3 aromatic heterocycles. The van der Waals surface area contributed by atoms with Gasteiger partial charge in [0.2, 0.25) is 0 Å². The quantitative estimate of drug-likeness (QED) is 0.342. The van der Waals surface area contributed by atoms with Gasteiger partial charge in [0.15, 0.2) is 5.65 Å². The Kier molecular flexibility index (Phi) is 5.88. The standard InChI is InChI=1S/C24H27IN6/c1-15-11-21(29(4)5)26-13-20(15)23-17(3)28-31-22(12-16(2)27-24(23)31)30(6)14-18-7-9-19(25)10-8-18/h7-13H,14H2,1-6H3. The zero-order valence-corrected chi connectivity index (χ0v) is 21.0. The molecule has 0 radical (unpaired) electrons. The van der Waals surface area contributed by atoms with Crippen LogP contribution in [0, 0.1) is 24.3 Å². The summed E-state index contributed by atoms with van der Waals surface area (Å²) in [6.07, 6.45) is 1.94. The minimum atomic E-state index is 0.793. The smallest absolute Gasteiger partial charge is 0.165 e. The van der Waals surface area contributed by atoms with Crippen LogP contribution in [0.4, 0.5) is 11.6 Å². The van der Waals surface area contributed by atoms with Gasteiger partial charge in [-0.2, -0.15) is 9.61 Å². The lowest BCUT2D eigenvalue weighted by atomic mass is 10.0. The number of hydrogen-bond donors (Lipinski definition) is 0. The van der Waals surface area contributed by atoms with Gasteiger partial charge in [-0.1, -0.05) is 12.1 Å². The van der Waals surface area contributed by atoms with Gasteiger partial charge in [0.25, 0.3) is 0 Å². The third-order valence-electron chi connectivity index (χ3n) is 5.42. The van der Waals surface area contributed by atoms with Gasteiger partial charge in [0, 0.05) is 54.8 Å². The molecular weight excluding hydrogens is 499 g/mol. The second-order valence-electron chi connectivity index (χ2n) is 8.19. The summed E-state index contributed by atoms with van der Waals surface area (Å²) in [5.74, 6) is 1.96. The molecule has 0 fully saturated rings. The molecule has 0 saturated carbocycles. The molecule has 160 valence electrons. The second kappa shape index (κ2) is 8.45. The first kappa shape index (κ1) is 21.5. The van der Waals surface area contributed by atoms with Crippen molar-refractivity contribution >= 4 is 39.9 Å². The van der Waals surface area contributed by atoms with E-state index in [4.69, 9.17) is 10.1 Å². The Balaban J connectivity index is 1.81. The molecule has 6 nitrogen and oxygen atoms in total. The molecule has 0 atom stereocenters. The molecule has 0 aliphatic carbocycles. The highest BCUT2D eigenvalue weighted by atomic mass is 127. The van der Waals surface area contributed by atoms with E-state index < -0.39 is 0 Å². The molecule has 31 heavy (non-hydrogen) atoms. The van der Waals surface area contributed by atoms with Crippen molar-refractivity contribution in [3.8, 4) is 11.1 Å². The highest BCUT2D eigenvalue weighted by Gasteiger charge is 2.20. The second-order valence-corrected chi connectivity index (χ2v) is 9.43. The monoisotopic (exact) mass is 526 g/mol. The largest absolute Gasteiger partial charge is 0.363 e. The zero-order chi connectivity index (χ0) is 22.3. The molecule has 0 aliphatic rings. The maximum Gasteiger partial charge on any atom is 0.165 e. The first-order valence-electron chi connectivity index (χ1n) is 10.2. The van der Waals surface area contributed by atoms with Crippen LogP contribution in [0.25, 0.3) is 16.8 Å². The van der Waals surface area contributed by atoms with Gasteiger partial charge in [-0.15, -0.1) is 0 Å². The van der Waals surface area contributed by atoms with Crippen LogP contribution in [0.15, 0.2) is 42.6 Å². The summed E-state index contributed by atoms with van der Waals surface area (Å²) in [5, 5.41) is 4.88. The average Bonchev–Trinajstić information content (AvgIpc) is 3.04. The molecule has 7 heteroatoms. The lowest BCUT2D eigenvalue weighted by Crippen LogP contribution is -2.20. The van der Waals surface area contributed by atoms with Crippen molar-refractivity contribution in [2.24, 2.45) is 0 Å². The molecule has 3 heterocycles. The summed E-state index contributed by atoms with van der Waals surface area (Å²) in [6.45, 7) is 6.99. The number of fused-ring (bicyclic) bond motifs is 1. The number of pyridine rings is 1. The first-order chi connectivity index (χ1) is 14.7. The number of aromatic nitrogens is 4. The predicted molar refractivity (Wildman–Crippen MR) is 136 cm³/mol. The number of rotatable bonds is 5. The van der Waals surface area contributed by atoms with Crippen molar-refractivity contribution in [3.05, 3.63) is 68.7 Å². The molecule has 4 rings (SSSR count). The SMILES string of the molecule is Cc1cc(N(C)Cc2ccc(I)cc2)n2nc(C)c(-c3cnc(N(C)C)cc3C)c2n1. The van der Waals surface area contributed by atoms with Crippen LogP contribution >= 0.6 is 22.6 Å². The van der Waals surface area contributed by atoms with E-state index in [1.54, 1.807) is 0 Å². The van der Waals surface area contributed by atoms with Gasteiger partial charge in [-0.25, -0.2) is 9.97 Å². The summed E-state index contributed by atoms with van der Waals surface area (Å²) in [4.78, 5) is 13.7. The van der Waals surface area contributed by atoms with E-state index in [2.05, 4.69) is 82.8 Å². The Bertz CT molecular complexity index is 1240. The normalized spacial score (nSPS) is 11.2. The Morgan fingerprint density at radius 3 is 2.35 bits per heavy atom. The van der Waals surface area contributed by atoms with Crippen LogP contribution in [-0.2, 0) is 6.54 Å². The molecule has 0 bridgehead atoms. The number of nitrogens with zero attached hydrogens (tertiary/aromatic N) is 6. The highest BCUT2D eigenvalue weighted by molar-refractivity contribution is 14.1. The van der Waals surface area contributed by atoms with Crippen LogP contribution in [0.5, 0.6) is 0 Å². The molecule has 0 N–H and O–H groups in total. The Morgan fingerprint density at radius 1 is 1.00 bits per heavy atom. The van der Waals surface area contributed by atoms with E-state index in [0.717, 1.165) is 51.9 Å². The summed E-state index contributed by atoms with van der Waals surface area (Å²) in [5.41, 5.74) is 7.32. The van der Waals surface area contributed by atoms with Crippen LogP contribution in [0.1, 0.15) is 22.5 Å². The first-order valence-corrected chi connectivity index (χ1v) is 11.3. The van der Waals surface area contributed by atoms with Gasteiger partial charge >= 0.3 is 0 Å². The number of benzene rings is 1. The lowest BCUT2D eigenvalue weighted by Gasteiger charge is -2.21. The maximum atomic E-state index is 4.88. The predicted octanol–water partition coefficient (Wildman–Crippen LogP) is 5.02. The van der Waals surface area contributed by atoms with E-state index in [0.29, 0.717) is 0 Å². The average molecular weight is 526 g/mol. The van der Waals surface area contributed by atoms with Gasteiger partial charge in [-0.3, -0.25) is 0 Å². The Morgan fingerprint density at radius 2 is 1.71 bits per heavy atom. The minimum absolute atomic E-state index is 0.793. The molecule has 4 aromatic rings. The fraction of sp³-hybridized carbons (Fsp3) is 0.292. The van der Waals surface area contributed by atoms with Gasteiger partial charge in [0.1, 0.15) is 11.6 Å². The van der Waals surface area contributed by atoms with Crippen LogP contribution in [0.2, 0.25) is 0 Å². The highest BCUT2D eigenvalue weighted by Crippen LogP contribution is 2.33. The Hall–Kier alpha value is -2.68. The number of aryl methyl sites for hydroxylation is 3. The summed E-state index contributed by atoms with van der Waals surface area (Å²) >= 11 is 2.33. The molecular formula is C24H27IN6. The van der Waals surface area contributed by atoms with E-state index in [1.165, 1.54) is 9.13 Å². The van der Waals surface area contributed by atoms with Crippen molar-refractivity contribution in [2.75, 3.05) is 30.9 Å². The molecule has 0 saturated heterocycles. The lowest BCUT2D eigenvalue weighted by molar-refractivity contribution is 0.821. The van der Waals surface area contributed by atoms with Crippen molar-refractivity contribution < 1.29 is 0 Å². The number of halogens is 1. The van der Waals surface area contributed by atoms with Gasteiger partial charge in [0.05, 0.1) is 11.3 Å². The van der Waals surface area contributed by atoms with Crippen molar-refractivity contribution in [1.29, 1.82) is 0 Å². The third-order valence-corrected chi connectivity index (χ3v) is 6.14. The fourth-order valence-electron chi connectivity index (χ4n) is 3.80. The topological polar surface area (TPSA) is 49.6 Å². The van der Waals surface area contributed by atoms with E-state index in [-0.39, 0.29) is 0 Å². The van der Waals surface area contributed by atoms with Crippen molar-refractivity contribution in [3.63, 3.8) is 0 Å². The minimum Gasteiger partial charge on any atom is -0.363 e. The van der Waals surface area contributed by atoms with Crippen molar-refractivity contribution in [2.45, 2.75) is 27.3 Å². The van der Waals surface area contributed by atoms with E-state index >= 15 is 0 Å². The third kappa shape index (κ3) is 4.23. The number of anilines is 2. The van der Waals surface area contributed by atoms with Crippen LogP contribution in [0.3, 0.4) is 0 Å². The summed E-state index contributed by atoms with van der Waals surface area (Å²) in [6, 6.07) is 12.8. The van der Waals surface area contributed by atoms with E-state index in [9.17, 15) is 0 Å². The maximum absolute atomic E-state index is 4.88. The van der Waals surface area contributed by atoms with E-state index in [1.807, 2.05) is 43.6 Å². The summed E-state index contributed by atoms with van der Waals surface area (Å²) in [7, 11) is 6.10. The fourth-order valence-corrected chi connectivity index (χ4v) is 4.16. The molecule has 0 amide bonds. The van der Waals surface area contributed by atoms with Gasteiger partial charge in [-0.05, 0) is 72.7 Å². The Labute approximate surface area is 197 Å². The zero-order valence-electron chi connectivity index (χ0n) is 18.8. The van der Waals surface area contributed by atoms with Crippen LogP contribution in [-0.4, -0.2) is 40.7 Å². The molecule has 0 aliphatic heterocycles. The van der Waals surface area contributed by atoms with Gasteiger partial charge < -0.3 is 9.80 Å². The molecule has 0 unspecified atom stereocenters. The number of hydrogen-bond acceptors (Lipinski definition) is 5. The van der Waals surface area contributed by atoms with Crippen molar-refractivity contribution in [1.82, 2.24) is 19.6 Å². The summed E-state index contributed by atoms with van der Waals surface area (Å²) < 4.78 is 3.20. The van der Waals surface area contributed by atoms with Crippen LogP contribution < -0.4 is 9.80 Å². The molecule has 0 spiro atoms.